The zero-order valence-electron chi connectivity index (χ0n) is 16.1. The third-order valence-electron chi connectivity index (χ3n) is 3.55. The molecule has 0 amide bonds. The molecule has 2 aromatic heterocycles. The smallest absolute Gasteiger partial charge is 0.421 e. The number of benzene rings is 1. The van der Waals surface area contributed by atoms with Gasteiger partial charge in [-0.15, -0.1) is 0 Å². The van der Waals surface area contributed by atoms with Gasteiger partial charge in [0, 0.05) is 18.0 Å². The van der Waals surface area contributed by atoms with Crippen LogP contribution in [0.25, 0.3) is 0 Å². The summed E-state index contributed by atoms with van der Waals surface area (Å²) in [5, 5.41) is 3.11. The summed E-state index contributed by atoms with van der Waals surface area (Å²) in [4.78, 5) is 8.07. The van der Waals surface area contributed by atoms with Crippen LogP contribution < -0.4 is 14.8 Å². The number of nitrogens with zero attached hydrogens (tertiary/aromatic N) is 2. The van der Waals surface area contributed by atoms with Crippen molar-refractivity contribution in [2.24, 2.45) is 0 Å². The Hall–Kier alpha value is -3.29. The second-order valence-corrected chi connectivity index (χ2v) is 7.18. The van der Waals surface area contributed by atoms with Crippen LogP contribution in [-0.2, 0) is 6.18 Å². The topological polar surface area (TPSA) is 56.3 Å². The van der Waals surface area contributed by atoms with Crippen LogP contribution in [0.4, 0.5) is 24.7 Å². The molecule has 2 heterocycles. The number of alkyl halides is 3. The molecule has 1 aromatic carbocycles. The van der Waals surface area contributed by atoms with E-state index in [1.165, 1.54) is 12.3 Å². The van der Waals surface area contributed by atoms with Crippen LogP contribution >= 0.6 is 0 Å². The maximum atomic E-state index is 13.0. The molecule has 0 aliphatic carbocycles. The zero-order valence-corrected chi connectivity index (χ0v) is 16.1. The third-order valence-corrected chi connectivity index (χ3v) is 3.55. The number of hydrogen-bond donors (Lipinski definition) is 1. The Labute approximate surface area is 166 Å². The van der Waals surface area contributed by atoms with E-state index in [9.17, 15) is 13.2 Å². The van der Waals surface area contributed by atoms with Crippen LogP contribution in [0.1, 0.15) is 26.3 Å². The van der Waals surface area contributed by atoms with E-state index in [1.807, 2.05) is 26.8 Å². The first-order valence-electron chi connectivity index (χ1n) is 8.83. The Morgan fingerprint density at radius 2 is 1.62 bits per heavy atom. The number of nitrogens with one attached hydrogen (secondary N) is 1. The number of rotatable bonds is 5. The van der Waals surface area contributed by atoms with Gasteiger partial charge in [0.2, 0.25) is 11.8 Å². The Bertz CT molecular complexity index is 968. The van der Waals surface area contributed by atoms with E-state index in [1.54, 1.807) is 36.4 Å². The summed E-state index contributed by atoms with van der Waals surface area (Å²) in [6.07, 6.45) is -3.30. The maximum absolute atomic E-state index is 13.0. The minimum atomic E-state index is -4.54. The number of anilines is 2. The fourth-order valence-corrected chi connectivity index (χ4v) is 2.41. The summed E-state index contributed by atoms with van der Waals surface area (Å²) in [5.74, 6) is 0.800. The van der Waals surface area contributed by atoms with E-state index >= 15 is 0 Å². The second-order valence-electron chi connectivity index (χ2n) is 7.18. The molecule has 8 heteroatoms. The van der Waals surface area contributed by atoms with Crippen molar-refractivity contribution >= 4 is 11.5 Å². The van der Waals surface area contributed by atoms with Gasteiger partial charge in [-0.05, 0) is 63.2 Å². The van der Waals surface area contributed by atoms with E-state index in [0.717, 1.165) is 6.07 Å². The average molecular weight is 403 g/mol. The van der Waals surface area contributed by atoms with Crippen molar-refractivity contribution in [3.05, 3.63) is 66.4 Å². The van der Waals surface area contributed by atoms with Gasteiger partial charge in [-0.3, -0.25) is 0 Å². The normalized spacial score (nSPS) is 11.8. The standard InChI is InChI=1S/C21H20F3N3O2/c1-20(2,3)29-18-8-4-7-17(27-18)26-14-9-11-15(12-10-14)28-19-16(21(22,23)24)6-5-13-25-19/h4-13H,1-3H3,(H,26,27). The fraction of sp³-hybridized carbons (Fsp3) is 0.238. The van der Waals surface area contributed by atoms with Crippen LogP contribution in [0.5, 0.6) is 17.5 Å². The van der Waals surface area contributed by atoms with Crippen molar-refractivity contribution in [3.8, 4) is 17.5 Å². The molecule has 0 aliphatic rings. The van der Waals surface area contributed by atoms with Gasteiger partial charge in [0.25, 0.3) is 0 Å². The van der Waals surface area contributed by atoms with Gasteiger partial charge in [-0.1, -0.05) is 6.07 Å². The SMILES string of the molecule is CC(C)(C)Oc1cccc(Nc2ccc(Oc3ncccc3C(F)(F)F)cc2)n1. The molecule has 0 bridgehead atoms. The molecule has 0 radical (unpaired) electrons. The van der Waals surface area contributed by atoms with E-state index < -0.39 is 17.6 Å². The highest BCUT2D eigenvalue weighted by Crippen LogP contribution is 2.36. The molecular weight excluding hydrogens is 383 g/mol. The molecule has 0 fully saturated rings. The van der Waals surface area contributed by atoms with Gasteiger partial charge >= 0.3 is 6.18 Å². The van der Waals surface area contributed by atoms with E-state index in [-0.39, 0.29) is 11.4 Å². The van der Waals surface area contributed by atoms with Crippen molar-refractivity contribution in [2.75, 3.05) is 5.32 Å². The van der Waals surface area contributed by atoms with Gasteiger partial charge < -0.3 is 14.8 Å². The largest absolute Gasteiger partial charge is 0.472 e. The number of pyridine rings is 2. The molecule has 0 spiro atoms. The Morgan fingerprint density at radius 1 is 0.897 bits per heavy atom. The summed E-state index contributed by atoms with van der Waals surface area (Å²) in [7, 11) is 0. The highest BCUT2D eigenvalue weighted by molar-refractivity contribution is 5.57. The summed E-state index contributed by atoms with van der Waals surface area (Å²) in [6, 6.07) is 13.9. The lowest BCUT2D eigenvalue weighted by Gasteiger charge is -2.20. The van der Waals surface area contributed by atoms with Crippen LogP contribution in [-0.4, -0.2) is 15.6 Å². The van der Waals surface area contributed by atoms with Crippen LogP contribution in [0.15, 0.2) is 60.8 Å². The lowest BCUT2D eigenvalue weighted by atomic mass is 10.2. The average Bonchev–Trinajstić information content (AvgIpc) is 2.62. The molecule has 5 nitrogen and oxygen atoms in total. The lowest BCUT2D eigenvalue weighted by Crippen LogP contribution is -2.23. The van der Waals surface area contributed by atoms with Gasteiger partial charge in [-0.25, -0.2) is 4.98 Å². The molecule has 3 rings (SSSR count). The second kappa shape index (κ2) is 7.98. The quantitative estimate of drug-likeness (QED) is 0.549. The highest BCUT2D eigenvalue weighted by Gasteiger charge is 2.35. The molecule has 1 N–H and O–H groups in total. The maximum Gasteiger partial charge on any atom is 0.421 e. The van der Waals surface area contributed by atoms with Crippen LogP contribution in [0.2, 0.25) is 0 Å². The minimum Gasteiger partial charge on any atom is -0.472 e. The van der Waals surface area contributed by atoms with E-state index in [2.05, 4.69) is 15.3 Å². The number of halogens is 3. The first-order chi connectivity index (χ1) is 13.6. The minimum absolute atomic E-state index is 0.234. The van der Waals surface area contributed by atoms with Gasteiger partial charge in [0.15, 0.2) is 0 Å². The lowest BCUT2D eigenvalue weighted by molar-refractivity contribution is -0.138. The number of hydrogen-bond acceptors (Lipinski definition) is 5. The Morgan fingerprint density at radius 3 is 2.28 bits per heavy atom. The van der Waals surface area contributed by atoms with Crippen LogP contribution in [0, 0.1) is 0 Å². The van der Waals surface area contributed by atoms with E-state index in [4.69, 9.17) is 9.47 Å². The predicted octanol–water partition coefficient (Wildman–Crippen LogP) is 6.21. The summed E-state index contributed by atoms with van der Waals surface area (Å²) in [5.41, 5.74) is -0.609. The third kappa shape index (κ3) is 5.84. The Balaban J connectivity index is 1.71. The van der Waals surface area contributed by atoms with Crippen molar-refractivity contribution < 1.29 is 22.6 Å². The number of ether oxygens (including phenoxy) is 2. The molecule has 0 atom stereocenters. The molecule has 0 aliphatic heterocycles. The molecule has 3 aromatic rings. The molecular formula is C21H20F3N3O2. The molecule has 152 valence electrons. The molecule has 29 heavy (non-hydrogen) atoms. The summed E-state index contributed by atoms with van der Waals surface area (Å²) < 4.78 is 50.2. The van der Waals surface area contributed by atoms with E-state index in [0.29, 0.717) is 17.4 Å². The van der Waals surface area contributed by atoms with Crippen molar-refractivity contribution in [3.63, 3.8) is 0 Å². The van der Waals surface area contributed by atoms with Crippen molar-refractivity contribution in [1.82, 2.24) is 9.97 Å². The van der Waals surface area contributed by atoms with Gasteiger partial charge in [-0.2, -0.15) is 18.2 Å². The van der Waals surface area contributed by atoms with Gasteiger partial charge in [0.1, 0.15) is 22.7 Å². The summed E-state index contributed by atoms with van der Waals surface area (Å²) >= 11 is 0. The highest BCUT2D eigenvalue weighted by atomic mass is 19.4. The number of aromatic nitrogens is 2. The Kier molecular flexibility index (Phi) is 5.63. The van der Waals surface area contributed by atoms with Gasteiger partial charge in [0.05, 0.1) is 0 Å². The predicted molar refractivity (Wildman–Crippen MR) is 104 cm³/mol. The fourth-order valence-electron chi connectivity index (χ4n) is 2.41. The first-order valence-corrected chi connectivity index (χ1v) is 8.83. The van der Waals surface area contributed by atoms with Crippen molar-refractivity contribution in [2.45, 2.75) is 32.5 Å². The molecule has 0 saturated carbocycles. The van der Waals surface area contributed by atoms with Crippen molar-refractivity contribution in [1.29, 1.82) is 0 Å². The zero-order chi connectivity index (χ0) is 21.1. The summed E-state index contributed by atoms with van der Waals surface area (Å²) in [6.45, 7) is 5.79. The van der Waals surface area contributed by atoms with Crippen LogP contribution in [0.3, 0.4) is 0 Å². The molecule has 0 unspecified atom stereocenters. The monoisotopic (exact) mass is 403 g/mol. The molecule has 0 saturated heterocycles. The first kappa shape index (κ1) is 20.4.